The molecule has 0 spiro atoms. The van der Waals surface area contributed by atoms with Crippen LogP contribution in [0.5, 0.6) is 0 Å². The Morgan fingerprint density at radius 3 is 2.32 bits per heavy atom. The van der Waals surface area contributed by atoms with E-state index in [0.29, 0.717) is 5.69 Å². The molecule has 0 saturated carbocycles. The lowest BCUT2D eigenvalue weighted by Gasteiger charge is -2.27. The summed E-state index contributed by atoms with van der Waals surface area (Å²) in [5.74, 6) is -1.44. The van der Waals surface area contributed by atoms with Crippen LogP contribution in [0.15, 0.2) is 54.6 Å². The lowest BCUT2D eigenvalue weighted by molar-refractivity contribution is -0.121. The smallest absolute Gasteiger partial charge is 0.335 e. The molecule has 10 heteroatoms. The molecular weight excluding hydrogens is 445 g/mol. The first kappa shape index (κ1) is 22.2. The molecule has 1 atom stereocenters. The van der Waals surface area contributed by atoms with Crippen LogP contribution in [0.4, 0.5) is 5.69 Å². The number of anilines is 1. The number of hydrogen-bond donors (Lipinski definition) is 4. The van der Waals surface area contributed by atoms with Crippen LogP contribution in [0.25, 0.3) is 0 Å². The minimum Gasteiger partial charge on any atom is -0.478 e. The number of hydrogen-bond acceptors (Lipinski definition) is 3. The molecule has 0 aliphatic rings. The number of rotatable bonds is 6. The Kier molecular flexibility index (Phi) is 7.88. The molecule has 0 saturated heterocycles. The second kappa shape index (κ2) is 9.93. The number of nitrogens with one attached hydrogen (secondary N) is 3. The fourth-order valence-electron chi connectivity index (χ4n) is 2.22. The van der Waals surface area contributed by atoms with E-state index in [-0.39, 0.29) is 23.0 Å². The maximum atomic E-state index is 12.3. The summed E-state index contributed by atoms with van der Waals surface area (Å²) in [6.07, 6.45) is -1.02. The van der Waals surface area contributed by atoms with Crippen LogP contribution in [0.3, 0.4) is 0 Å². The van der Waals surface area contributed by atoms with Gasteiger partial charge in [0.15, 0.2) is 5.11 Å². The van der Waals surface area contributed by atoms with Gasteiger partial charge in [-0.25, -0.2) is 4.79 Å². The van der Waals surface area contributed by atoms with Gasteiger partial charge in [-0.2, -0.15) is 0 Å². The second-order valence-electron chi connectivity index (χ2n) is 5.69. The van der Waals surface area contributed by atoms with Crippen molar-refractivity contribution in [2.75, 3.05) is 5.32 Å². The van der Waals surface area contributed by atoms with Crippen molar-refractivity contribution in [1.82, 2.24) is 10.6 Å². The van der Waals surface area contributed by atoms with E-state index in [0.717, 1.165) is 5.56 Å². The average Bonchev–Trinajstić information content (AvgIpc) is 2.61. The largest absolute Gasteiger partial charge is 0.478 e. The first-order valence-electron chi connectivity index (χ1n) is 7.96. The predicted molar refractivity (Wildman–Crippen MR) is 115 cm³/mol. The van der Waals surface area contributed by atoms with Crippen molar-refractivity contribution in [3.8, 4) is 0 Å². The molecule has 0 bridgehead atoms. The number of carbonyl (C=O) groups is 2. The highest BCUT2D eigenvalue weighted by Gasteiger charge is 2.34. The quantitative estimate of drug-likeness (QED) is 0.298. The zero-order chi connectivity index (χ0) is 20.7. The zero-order valence-electron chi connectivity index (χ0n) is 14.3. The summed E-state index contributed by atoms with van der Waals surface area (Å²) in [6.45, 7) is 0. The maximum absolute atomic E-state index is 12.3. The minimum absolute atomic E-state index is 0.0406. The van der Waals surface area contributed by atoms with Crippen LogP contribution in [0.2, 0.25) is 0 Å². The SMILES string of the molecule is O=C(Cc1ccccc1)NC(NC(=S)Nc1cccc(C(=O)O)c1)C(Cl)(Cl)Cl. The van der Waals surface area contributed by atoms with Crippen LogP contribution in [-0.2, 0) is 11.2 Å². The van der Waals surface area contributed by atoms with Gasteiger partial charge in [0.25, 0.3) is 0 Å². The Labute approximate surface area is 182 Å². The van der Waals surface area contributed by atoms with Gasteiger partial charge in [0, 0.05) is 5.69 Å². The third kappa shape index (κ3) is 7.16. The standard InChI is InChI=1S/C18H16Cl3N3O3S/c19-18(20,21)16(23-14(25)9-11-5-2-1-3-6-11)24-17(28)22-13-8-4-7-12(10-13)15(26)27/h1-8,10,16H,9H2,(H,23,25)(H,26,27)(H2,22,24,28). The number of carbonyl (C=O) groups excluding carboxylic acids is 1. The monoisotopic (exact) mass is 459 g/mol. The summed E-state index contributed by atoms with van der Waals surface area (Å²) in [4.78, 5) is 23.3. The normalized spacial score (nSPS) is 12.0. The van der Waals surface area contributed by atoms with Crippen LogP contribution >= 0.6 is 47.0 Å². The third-order valence-corrected chi connectivity index (χ3v) is 4.36. The zero-order valence-corrected chi connectivity index (χ0v) is 17.4. The van der Waals surface area contributed by atoms with E-state index < -0.39 is 15.9 Å². The number of halogens is 3. The van der Waals surface area contributed by atoms with Crippen molar-refractivity contribution < 1.29 is 14.7 Å². The molecule has 28 heavy (non-hydrogen) atoms. The van der Waals surface area contributed by atoms with E-state index in [4.69, 9.17) is 52.1 Å². The summed E-state index contributed by atoms with van der Waals surface area (Å²) in [7, 11) is 0. The predicted octanol–water partition coefficient (Wildman–Crippen LogP) is 3.73. The van der Waals surface area contributed by atoms with Crippen molar-refractivity contribution >= 4 is 69.7 Å². The molecule has 2 aromatic rings. The number of amides is 1. The van der Waals surface area contributed by atoms with E-state index in [1.165, 1.54) is 12.1 Å². The van der Waals surface area contributed by atoms with E-state index in [1.54, 1.807) is 24.3 Å². The van der Waals surface area contributed by atoms with E-state index in [2.05, 4.69) is 16.0 Å². The molecule has 6 nitrogen and oxygen atoms in total. The highest BCUT2D eigenvalue weighted by atomic mass is 35.6. The summed E-state index contributed by atoms with van der Waals surface area (Å²) in [5.41, 5.74) is 1.31. The fraction of sp³-hybridized carbons (Fsp3) is 0.167. The van der Waals surface area contributed by atoms with Crippen molar-refractivity contribution in [2.24, 2.45) is 0 Å². The molecular formula is C18H16Cl3N3O3S. The highest BCUT2D eigenvalue weighted by molar-refractivity contribution is 7.80. The van der Waals surface area contributed by atoms with Crippen LogP contribution < -0.4 is 16.0 Å². The van der Waals surface area contributed by atoms with Gasteiger partial charge in [-0.3, -0.25) is 4.79 Å². The van der Waals surface area contributed by atoms with Gasteiger partial charge in [0.05, 0.1) is 12.0 Å². The average molecular weight is 461 g/mol. The Bertz CT molecular complexity index is 860. The fourth-order valence-corrected chi connectivity index (χ4v) is 2.78. The van der Waals surface area contributed by atoms with Gasteiger partial charge in [0.2, 0.25) is 9.70 Å². The summed E-state index contributed by atoms with van der Waals surface area (Å²) in [5, 5.41) is 17.2. The Balaban J connectivity index is 2.01. The van der Waals surface area contributed by atoms with E-state index in [9.17, 15) is 9.59 Å². The highest BCUT2D eigenvalue weighted by Crippen LogP contribution is 2.29. The molecule has 0 aliphatic carbocycles. The first-order valence-corrected chi connectivity index (χ1v) is 9.50. The number of aromatic carboxylic acids is 1. The van der Waals surface area contributed by atoms with Crippen molar-refractivity contribution in [3.63, 3.8) is 0 Å². The molecule has 148 valence electrons. The van der Waals surface area contributed by atoms with Crippen LogP contribution in [-0.4, -0.2) is 32.1 Å². The molecule has 0 aliphatic heterocycles. The molecule has 0 radical (unpaired) electrons. The van der Waals surface area contributed by atoms with Crippen LogP contribution in [0.1, 0.15) is 15.9 Å². The lowest BCUT2D eigenvalue weighted by Crippen LogP contribution is -2.56. The topological polar surface area (TPSA) is 90.5 Å². The number of alkyl halides is 3. The summed E-state index contributed by atoms with van der Waals surface area (Å²) < 4.78 is -1.89. The molecule has 2 aromatic carbocycles. The second-order valence-corrected chi connectivity index (χ2v) is 8.47. The van der Waals surface area contributed by atoms with Gasteiger partial charge in [-0.05, 0) is 36.0 Å². The Morgan fingerprint density at radius 1 is 1.04 bits per heavy atom. The van der Waals surface area contributed by atoms with Crippen molar-refractivity contribution in [3.05, 3.63) is 65.7 Å². The molecule has 0 fully saturated rings. The maximum Gasteiger partial charge on any atom is 0.335 e. The van der Waals surface area contributed by atoms with E-state index in [1.807, 2.05) is 18.2 Å². The van der Waals surface area contributed by atoms with Gasteiger partial charge in [-0.1, -0.05) is 71.2 Å². The molecule has 1 unspecified atom stereocenters. The van der Waals surface area contributed by atoms with E-state index >= 15 is 0 Å². The lowest BCUT2D eigenvalue weighted by atomic mass is 10.1. The molecule has 0 heterocycles. The third-order valence-electron chi connectivity index (χ3n) is 3.48. The Morgan fingerprint density at radius 2 is 1.71 bits per heavy atom. The van der Waals surface area contributed by atoms with Crippen LogP contribution in [0, 0.1) is 0 Å². The van der Waals surface area contributed by atoms with Crippen molar-refractivity contribution in [1.29, 1.82) is 0 Å². The molecule has 1 amide bonds. The summed E-state index contributed by atoms with van der Waals surface area (Å²) in [6, 6.07) is 15.1. The number of carboxylic acids is 1. The van der Waals surface area contributed by atoms with Gasteiger partial charge in [0.1, 0.15) is 6.17 Å². The number of thiocarbonyl (C=S) groups is 1. The first-order chi connectivity index (χ1) is 13.1. The number of benzene rings is 2. The molecule has 4 N–H and O–H groups in total. The minimum atomic E-state index is -1.89. The van der Waals surface area contributed by atoms with Gasteiger partial charge < -0.3 is 21.1 Å². The molecule has 0 aromatic heterocycles. The van der Waals surface area contributed by atoms with Gasteiger partial charge >= 0.3 is 5.97 Å². The Hall–Kier alpha value is -2.06. The van der Waals surface area contributed by atoms with Gasteiger partial charge in [-0.15, -0.1) is 0 Å². The summed E-state index contributed by atoms with van der Waals surface area (Å²) >= 11 is 23.0. The molecule has 2 rings (SSSR count). The number of carboxylic acid groups (broad SMARTS) is 1. The van der Waals surface area contributed by atoms with Crippen molar-refractivity contribution in [2.45, 2.75) is 16.4 Å².